The van der Waals surface area contributed by atoms with Gasteiger partial charge in [-0.1, -0.05) is 0 Å². The molecule has 2 aromatic rings. The van der Waals surface area contributed by atoms with Gasteiger partial charge in [0.2, 0.25) is 20.0 Å². The molecule has 0 aromatic heterocycles. The first-order valence-corrected chi connectivity index (χ1v) is 11.3. The molecular weight excluding hydrogens is 455 g/mol. The third-order valence-electron chi connectivity index (χ3n) is 4.53. The van der Waals surface area contributed by atoms with Crippen LogP contribution in [0.2, 0.25) is 0 Å². The van der Waals surface area contributed by atoms with Crippen LogP contribution in [0.5, 0.6) is 0 Å². The van der Waals surface area contributed by atoms with Gasteiger partial charge in [0, 0.05) is 32.2 Å². The van der Waals surface area contributed by atoms with E-state index in [-0.39, 0.29) is 31.1 Å². The van der Waals surface area contributed by atoms with Gasteiger partial charge in [0.25, 0.3) is 0 Å². The van der Waals surface area contributed by atoms with Crippen molar-refractivity contribution in [3.05, 3.63) is 59.7 Å². The molecule has 1 fully saturated rings. The van der Waals surface area contributed by atoms with E-state index in [9.17, 15) is 38.8 Å². The molecule has 0 unspecified atom stereocenters. The van der Waals surface area contributed by atoms with Gasteiger partial charge in [0.05, 0.1) is 10.5 Å². The van der Waals surface area contributed by atoms with E-state index >= 15 is 0 Å². The number of alkyl halides is 3. The van der Waals surface area contributed by atoms with E-state index in [1.165, 1.54) is 0 Å². The maximum Gasteiger partial charge on any atom is 0.416 e. The molecular formula is C17H15F5N2O4S2. The SMILES string of the molecule is O=S(=O)(c1ccc(C(F)(F)F)cc1)N1CCN(S(=O)(=O)c2ccc(F)cc2F)CC1. The number of hydrogen-bond donors (Lipinski definition) is 0. The Labute approximate surface area is 169 Å². The fraction of sp³-hybridized carbons (Fsp3) is 0.294. The Morgan fingerprint density at radius 2 is 1.23 bits per heavy atom. The van der Waals surface area contributed by atoms with Gasteiger partial charge in [0.15, 0.2) is 0 Å². The number of hydrogen-bond acceptors (Lipinski definition) is 4. The van der Waals surface area contributed by atoms with Crippen molar-refractivity contribution < 1.29 is 38.8 Å². The van der Waals surface area contributed by atoms with E-state index in [0.29, 0.717) is 18.2 Å². The highest BCUT2D eigenvalue weighted by atomic mass is 32.2. The second-order valence-corrected chi connectivity index (χ2v) is 10.2. The zero-order chi connectivity index (χ0) is 22.3. The molecule has 1 heterocycles. The second-order valence-electron chi connectivity index (χ2n) is 6.41. The number of sulfonamides is 2. The zero-order valence-corrected chi connectivity index (χ0v) is 16.7. The Balaban J connectivity index is 1.76. The van der Waals surface area contributed by atoms with Gasteiger partial charge in [-0.05, 0) is 36.4 Å². The molecule has 2 aromatic carbocycles. The molecule has 13 heteroatoms. The fourth-order valence-corrected chi connectivity index (χ4v) is 5.83. The minimum Gasteiger partial charge on any atom is -0.207 e. The molecule has 0 saturated carbocycles. The summed E-state index contributed by atoms with van der Waals surface area (Å²) in [7, 11) is -8.47. The minimum atomic E-state index is -4.61. The van der Waals surface area contributed by atoms with E-state index in [4.69, 9.17) is 0 Å². The molecule has 0 spiro atoms. The normalized spacial score (nSPS) is 17.2. The first-order chi connectivity index (χ1) is 13.8. The second kappa shape index (κ2) is 7.87. The summed E-state index contributed by atoms with van der Waals surface area (Å²) in [5.74, 6) is -2.21. The molecule has 6 nitrogen and oxygen atoms in total. The van der Waals surface area contributed by atoms with Crippen LogP contribution in [0.1, 0.15) is 5.56 Å². The van der Waals surface area contributed by atoms with Gasteiger partial charge < -0.3 is 0 Å². The standard InChI is InChI=1S/C17H15F5N2O4S2/c18-13-3-6-16(15(19)11-13)30(27,28)24-9-7-23(8-10-24)29(25,26)14-4-1-12(2-5-14)17(20,21)22/h1-6,11H,7-10H2. The summed E-state index contributed by atoms with van der Waals surface area (Å²) in [6.07, 6.45) is -4.61. The van der Waals surface area contributed by atoms with Gasteiger partial charge in [-0.25, -0.2) is 25.6 Å². The van der Waals surface area contributed by atoms with E-state index in [2.05, 4.69) is 0 Å². The Kier molecular flexibility index (Phi) is 5.93. The van der Waals surface area contributed by atoms with Crippen LogP contribution in [-0.2, 0) is 26.2 Å². The summed E-state index contributed by atoms with van der Waals surface area (Å²) >= 11 is 0. The molecule has 0 amide bonds. The highest BCUT2D eigenvalue weighted by Gasteiger charge is 2.36. The number of piperazine rings is 1. The van der Waals surface area contributed by atoms with Gasteiger partial charge in [-0.15, -0.1) is 0 Å². The molecule has 30 heavy (non-hydrogen) atoms. The molecule has 0 bridgehead atoms. The van der Waals surface area contributed by atoms with Crippen LogP contribution in [0.15, 0.2) is 52.3 Å². The Morgan fingerprint density at radius 1 is 0.733 bits per heavy atom. The van der Waals surface area contributed by atoms with Crippen molar-refractivity contribution in [2.45, 2.75) is 16.0 Å². The lowest BCUT2D eigenvalue weighted by Crippen LogP contribution is -2.50. The summed E-state index contributed by atoms with van der Waals surface area (Å²) in [4.78, 5) is -1.10. The first kappa shape index (κ1) is 22.6. The fourth-order valence-electron chi connectivity index (χ4n) is 2.94. The van der Waals surface area contributed by atoms with Gasteiger partial charge >= 0.3 is 6.18 Å². The van der Waals surface area contributed by atoms with Crippen LogP contribution in [0, 0.1) is 11.6 Å². The Hall–Kier alpha value is -2.09. The Morgan fingerprint density at radius 3 is 1.70 bits per heavy atom. The number of halogens is 5. The molecule has 0 aliphatic carbocycles. The molecule has 1 aliphatic rings. The maximum absolute atomic E-state index is 13.9. The smallest absolute Gasteiger partial charge is 0.207 e. The predicted molar refractivity (Wildman–Crippen MR) is 95.3 cm³/mol. The molecule has 164 valence electrons. The van der Waals surface area contributed by atoms with E-state index in [1.807, 2.05) is 0 Å². The van der Waals surface area contributed by atoms with Crippen molar-refractivity contribution in [3.8, 4) is 0 Å². The average molecular weight is 470 g/mol. The summed E-state index contributed by atoms with van der Waals surface area (Å²) in [6.45, 7) is -1.19. The molecule has 0 N–H and O–H groups in total. The van der Waals surface area contributed by atoms with Crippen LogP contribution >= 0.6 is 0 Å². The van der Waals surface area contributed by atoms with Crippen molar-refractivity contribution in [3.63, 3.8) is 0 Å². The maximum atomic E-state index is 13.9. The topological polar surface area (TPSA) is 74.8 Å². The monoisotopic (exact) mass is 470 g/mol. The van der Waals surface area contributed by atoms with E-state index in [0.717, 1.165) is 32.9 Å². The largest absolute Gasteiger partial charge is 0.416 e. The predicted octanol–water partition coefficient (Wildman–Crippen LogP) is 2.68. The lowest BCUT2D eigenvalue weighted by molar-refractivity contribution is -0.137. The van der Waals surface area contributed by atoms with Crippen LogP contribution in [0.25, 0.3) is 0 Å². The Bertz CT molecular complexity index is 1140. The average Bonchev–Trinajstić information content (AvgIpc) is 2.67. The van der Waals surface area contributed by atoms with Crippen LogP contribution in [-0.4, -0.2) is 51.6 Å². The highest BCUT2D eigenvalue weighted by molar-refractivity contribution is 7.89. The third-order valence-corrected chi connectivity index (χ3v) is 8.37. The van der Waals surface area contributed by atoms with Gasteiger partial charge in [-0.2, -0.15) is 21.8 Å². The van der Waals surface area contributed by atoms with Crippen LogP contribution < -0.4 is 0 Å². The number of benzene rings is 2. The van der Waals surface area contributed by atoms with Gasteiger partial charge in [-0.3, -0.25) is 0 Å². The zero-order valence-electron chi connectivity index (χ0n) is 15.1. The van der Waals surface area contributed by atoms with Crippen molar-refractivity contribution in [2.75, 3.05) is 26.2 Å². The number of nitrogens with zero attached hydrogens (tertiary/aromatic N) is 2. The summed E-state index contributed by atoms with van der Waals surface area (Å²) in [5.41, 5.74) is -1.00. The van der Waals surface area contributed by atoms with Crippen molar-refractivity contribution in [2.24, 2.45) is 0 Å². The third kappa shape index (κ3) is 4.33. The summed E-state index contributed by atoms with van der Waals surface area (Å²) in [5, 5.41) is 0. The van der Waals surface area contributed by atoms with Crippen LogP contribution in [0.4, 0.5) is 22.0 Å². The number of rotatable bonds is 4. The van der Waals surface area contributed by atoms with Crippen LogP contribution in [0.3, 0.4) is 0 Å². The first-order valence-electron chi connectivity index (χ1n) is 8.46. The molecule has 3 rings (SSSR count). The lowest BCUT2D eigenvalue weighted by Gasteiger charge is -2.33. The molecule has 1 aliphatic heterocycles. The van der Waals surface area contributed by atoms with E-state index < -0.39 is 48.3 Å². The minimum absolute atomic E-state index is 0.286. The summed E-state index contributed by atoms with van der Waals surface area (Å²) < 4.78 is 117. The molecule has 1 saturated heterocycles. The highest BCUT2D eigenvalue weighted by Crippen LogP contribution is 2.30. The molecule has 0 atom stereocenters. The van der Waals surface area contributed by atoms with Crippen molar-refractivity contribution in [1.29, 1.82) is 0 Å². The van der Waals surface area contributed by atoms with Crippen molar-refractivity contribution >= 4 is 20.0 Å². The van der Waals surface area contributed by atoms with E-state index in [1.54, 1.807) is 0 Å². The molecule has 0 radical (unpaired) electrons. The van der Waals surface area contributed by atoms with Gasteiger partial charge in [0.1, 0.15) is 16.5 Å². The summed E-state index contributed by atoms with van der Waals surface area (Å²) in [6, 6.07) is 4.95. The van der Waals surface area contributed by atoms with Crippen molar-refractivity contribution in [1.82, 2.24) is 8.61 Å². The lowest BCUT2D eigenvalue weighted by atomic mass is 10.2. The quantitative estimate of drug-likeness (QED) is 0.644.